The van der Waals surface area contributed by atoms with Crippen LogP contribution in [0.2, 0.25) is 0 Å². The SMILES string of the molecule is C=C(OC(C1CCc2c(-c3ccc(F)cc3F)cc(C(=O)O)nc2O1)C(F)(F)F)SC. The predicted octanol–water partition coefficient (Wildman–Crippen LogP) is 5.20. The van der Waals surface area contributed by atoms with Gasteiger partial charge in [-0.2, -0.15) is 13.2 Å². The molecule has 2 aromatic rings. The Balaban J connectivity index is 2.06. The Morgan fingerprint density at radius 1 is 1.32 bits per heavy atom. The molecule has 0 aliphatic carbocycles. The summed E-state index contributed by atoms with van der Waals surface area (Å²) in [7, 11) is 0. The van der Waals surface area contributed by atoms with Crippen molar-refractivity contribution in [1.29, 1.82) is 0 Å². The molecular formula is C20H16F5NO4S. The Bertz CT molecular complexity index is 1030. The first kappa shape index (κ1) is 22.9. The number of carboxylic acid groups (broad SMARTS) is 1. The predicted molar refractivity (Wildman–Crippen MR) is 103 cm³/mol. The Kier molecular flexibility index (Phi) is 6.44. The number of hydrogen-bond acceptors (Lipinski definition) is 5. The molecule has 0 radical (unpaired) electrons. The molecule has 1 N–H and O–H groups in total. The Hall–Kier alpha value is -2.82. The van der Waals surface area contributed by atoms with E-state index in [-0.39, 0.29) is 40.5 Å². The van der Waals surface area contributed by atoms with Gasteiger partial charge in [0.05, 0.1) is 0 Å². The zero-order chi connectivity index (χ0) is 22.9. The summed E-state index contributed by atoms with van der Waals surface area (Å²) in [6.07, 6.45) is -7.38. The van der Waals surface area contributed by atoms with E-state index >= 15 is 0 Å². The maximum absolute atomic E-state index is 14.4. The van der Waals surface area contributed by atoms with Crippen LogP contribution in [0, 0.1) is 11.6 Å². The van der Waals surface area contributed by atoms with Gasteiger partial charge in [-0.3, -0.25) is 0 Å². The van der Waals surface area contributed by atoms with Crippen LogP contribution in [0.3, 0.4) is 0 Å². The largest absolute Gasteiger partial charge is 0.477 e. The fraction of sp³-hybridized carbons (Fsp3) is 0.300. The van der Waals surface area contributed by atoms with Gasteiger partial charge >= 0.3 is 12.1 Å². The molecule has 1 aromatic carbocycles. The minimum atomic E-state index is -4.79. The van der Waals surface area contributed by atoms with Crippen molar-refractivity contribution >= 4 is 17.7 Å². The van der Waals surface area contributed by atoms with Gasteiger partial charge in [0.15, 0.2) is 5.69 Å². The van der Waals surface area contributed by atoms with Crippen molar-refractivity contribution in [1.82, 2.24) is 4.98 Å². The summed E-state index contributed by atoms with van der Waals surface area (Å²) in [6.45, 7) is 3.39. The van der Waals surface area contributed by atoms with Crippen molar-refractivity contribution in [3.05, 3.63) is 58.8 Å². The quantitative estimate of drug-likeness (QED) is 0.471. The number of nitrogens with zero attached hydrogens (tertiary/aromatic N) is 1. The van der Waals surface area contributed by atoms with E-state index in [1.165, 1.54) is 6.26 Å². The Labute approximate surface area is 177 Å². The summed E-state index contributed by atoms with van der Waals surface area (Å²) < 4.78 is 78.7. The van der Waals surface area contributed by atoms with Crippen molar-refractivity contribution in [2.24, 2.45) is 0 Å². The van der Waals surface area contributed by atoms with E-state index in [1.807, 2.05) is 0 Å². The summed E-state index contributed by atoms with van der Waals surface area (Å²) in [5, 5.41) is 9.17. The van der Waals surface area contributed by atoms with Crippen LogP contribution in [0.4, 0.5) is 22.0 Å². The van der Waals surface area contributed by atoms with Gasteiger partial charge in [-0.05, 0) is 49.4 Å². The molecule has 0 spiro atoms. The van der Waals surface area contributed by atoms with Crippen LogP contribution in [0.25, 0.3) is 11.1 Å². The highest BCUT2D eigenvalue weighted by Gasteiger charge is 2.50. The van der Waals surface area contributed by atoms with Gasteiger partial charge in [0, 0.05) is 17.2 Å². The average Bonchev–Trinajstić information content (AvgIpc) is 2.69. The van der Waals surface area contributed by atoms with Gasteiger partial charge in [-0.1, -0.05) is 11.8 Å². The molecule has 31 heavy (non-hydrogen) atoms. The number of carbonyl (C=O) groups is 1. The number of hydrogen-bond donors (Lipinski definition) is 1. The first-order chi connectivity index (χ1) is 14.5. The molecule has 0 bridgehead atoms. The van der Waals surface area contributed by atoms with Gasteiger partial charge in [0.2, 0.25) is 12.0 Å². The Morgan fingerprint density at radius 3 is 2.61 bits per heavy atom. The first-order valence-electron chi connectivity index (χ1n) is 8.86. The fourth-order valence-electron chi connectivity index (χ4n) is 3.19. The molecule has 2 heterocycles. The standard InChI is InChI=1S/C20H16F5NO4S/c1-9(31-2)29-17(20(23,24)25)16-6-5-12-13(11-4-3-10(21)7-14(11)22)8-15(19(27)28)26-18(12)30-16/h3-4,7-8,16-17H,1,5-6H2,2H3,(H,27,28). The summed E-state index contributed by atoms with van der Waals surface area (Å²) in [4.78, 5) is 15.3. The zero-order valence-electron chi connectivity index (χ0n) is 16.0. The van der Waals surface area contributed by atoms with E-state index < -0.39 is 41.7 Å². The molecular weight excluding hydrogens is 445 g/mol. The molecule has 166 valence electrons. The zero-order valence-corrected chi connectivity index (χ0v) is 16.8. The van der Waals surface area contributed by atoms with Gasteiger partial charge in [-0.25, -0.2) is 18.6 Å². The second-order valence-corrected chi connectivity index (χ2v) is 7.48. The van der Waals surface area contributed by atoms with Crippen LogP contribution in [-0.2, 0) is 11.2 Å². The summed E-state index contributed by atoms with van der Waals surface area (Å²) in [5.41, 5.74) is -0.409. The lowest BCUT2D eigenvalue weighted by molar-refractivity contribution is -0.231. The third-order valence-electron chi connectivity index (χ3n) is 4.61. The van der Waals surface area contributed by atoms with Gasteiger partial charge in [0.1, 0.15) is 22.8 Å². The number of thioether (sulfide) groups is 1. The fourth-order valence-corrected chi connectivity index (χ4v) is 3.39. The molecule has 0 saturated carbocycles. The topological polar surface area (TPSA) is 68.7 Å². The summed E-state index contributed by atoms with van der Waals surface area (Å²) in [6, 6.07) is 3.80. The molecule has 1 aliphatic rings. The minimum Gasteiger partial charge on any atom is -0.477 e. The van der Waals surface area contributed by atoms with Crippen molar-refractivity contribution in [2.45, 2.75) is 31.2 Å². The lowest BCUT2D eigenvalue weighted by atomic mass is 9.92. The van der Waals surface area contributed by atoms with Gasteiger partial charge in [-0.15, -0.1) is 0 Å². The smallest absolute Gasteiger partial charge is 0.429 e. The van der Waals surface area contributed by atoms with Crippen molar-refractivity contribution in [3.63, 3.8) is 0 Å². The first-order valence-corrected chi connectivity index (χ1v) is 10.1. The normalized spacial score (nSPS) is 16.8. The van der Waals surface area contributed by atoms with Crippen LogP contribution in [0.1, 0.15) is 22.5 Å². The number of benzene rings is 1. The molecule has 0 saturated heterocycles. The second kappa shape index (κ2) is 8.74. The molecule has 5 nitrogen and oxygen atoms in total. The average molecular weight is 461 g/mol. The van der Waals surface area contributed by atoms with Crippen LogP contribution in [0.15, 0.2) is 35.9 Å². The molecule has 0 fully saturated rings. The molecule has 2 unspecified atom stereocenters. The summed E-state index contributed by atoms with van der Waals surface area (Å²) >= 11 is 0.890. The number of carboxylic acids is 1. The minimum absolute atomic E-state index is 0.0271. The molecule has 1 aliphatic heterocycles. The highest BCUT2D eigenvalue weighted by molar-refractivity contribution is 8.02. The maximum atomic E-state index is 14.4. The third kappa shape index (κ3) is 4.92. The number of aromatic carboxylic acids is 1. The molecule has 11 heteroatoms. The van der Waals surface area contributed by atoms with E-state index in [2.05, 4.69) is 11.6 Å². The number of aromatic nitrogens is 1. The number of rotatable bonds is 6. The lowest BCUT2D eigenvalue weighted by Gasteiger charge is -2.33. The van der Waals surface area contributed by atoms with Crippen LogP contribution in [0.5, 0.6) is 5.88 Å². The van der Waals surface area contributed by atoms with Gasteiger partial charge in [0.25, 0.3) is 0 Å². The number of alkyl halides is 3. The molecule has 2 atom stereocenters. The second-order valence-electron chi connectivity index (χ2n) is 6.62. The van der Waals surface area contributed by atoms with Crippen LogP contribution < -0.4 is 4.74 Å². The van der Waals surface area contributed by atoms with Crippen molar-refractivity contribution in [2.75, 3.05) is 6.26 Å². The third-order valence-corrected chi connectivity index (χ3v) is 5.17. The van der Waals surface area contributed by atoms with Gasteiger partial charge < -0.3 is 14.6 Å². The maximum Gasteiger partial charge on any atom is 0.429 e. The summed E-state index contributed by atoms with van der Waals surface area (Å²) in [5.74, 6) is -3.66. The van der Waals surface area contributed by atoms with Crippen molar-refractivity contribution < 1.29 is 41.3 Å². The molecule has 3 rings (SSSR count). The molecule has 0 amide bonds. The number of ether oxygens (including phenoxy) is 2. The van der Waals surface area contributed by atoms with E-state index in [0.717, 1.165) is 30.0 Å². The highest BCUT2D eigenvalue weighted by Crippen LogP contribution is 2.40. The molecule has 1 aromatic heterocycles. The lowest BCUT2D eigenvalue weighted by Crippen LogP contribution is -2.46. The number of fused-ring (bicyclic) bond motifs is 1. The van der Waals surface area contributed by atoms with E-state index in [0.29, 0.717) is 6.07 Å². The Morgan fingerprint density at radius 2 is 2.03 bits per heavy atom. The number of pyridine rings is 1. The highest BCUT2D eigenvalue weighted by atomic mass is 32.2. The van der Waals surface area contributed by atoms with Crippen LogP contribution in [-0.4, -0.2) is 40.7 Å². The monoisotopic (exact) mass is 461 g/mol. The van der Waals surface area contributed by atoms with Crippen LogP contribution >= 0.6 is 11.8 Å². The van der Waals surface area contributed by atoms with E-state index in [9.17, 15) is 31.9 Å². The van der Waals surface area contributed by atoms with E-state index in [1.54, 1.807) is 0 Å². The van der Waals surface area contributed by atoms with E-state index in [4.69, 9.17) is 9.47 Å². The van der Waals surface area contributed by atoms with Crippen molar-refractivity contribution in [3.8, 4) is 17.0 Å². The number of halogens is 5.